The number of carbonyl (C=O) groups is 2. The normalized spacial score (nSPS) is 12.6. The molecule has 0 heterocycles. The van der Waals surface area contributed by atoms with Crippen molar-refractivity contribution in [3.63, 3.8) is 0 Å². The van der Waals surface area contributed by atoms with Crippen LogP contribution in [0.1, 0.15) is 348 Å². The third-order valence-electron chi connectivity index (χ3n) is 14.6. The largest absolute Gasteiger partial charge is 0.466 e. The van der Waals surface area contributed by atoms with E-state index in [4.69, 9.17) is 4.74 Å². The van der Waals surface area contributed by atoms with Gasteiger partial charge in [-0.1, -0.05) is 296 Å². The van der Waals surface area contributed by atoms with Crippen LogP contribution in [0.25, 0.3) is 0 Å². The summed E-state index contributed by atoms with van der Waals surface area (Å²) in [5.41, 5.74) is 0. The minimum absolute atomic E-state index is 0.0128. The van der Waals surface area contributed by atoms with Gasteiger partial charge in [0.2, 0.25) is 5.91 Å². The van der Waals surface area contributed by atoms with Crippen molar-refractivity contribution >= 4 is 11.9 Å². The van der Waals surface area contributed by atoms with Crippen molar-refractivity contribution in [2.45, 2.75) is 360 Å². The topological polar surface area (TPSA) is 95.9 Å². The number of amides is 1. The molecule has 0 fully saturated rings. The van der Waals surface area contributed by atoms with Crippen LogP contribution in [-0.4, -0.2) is 47.4 Å². The maximum Gasteiger partial charge on any atom is 0.305 e. The zero-order valence-electron chi connectivity index (χ0n) is 46.1. The SMILES string of the molecule is CCCCCCCCCCCCCCCCCCCC(=O)OCCCCCCCCCCCC/C=C\CCCCCCCCCC(=O)NC(CO)C(O)CCCCCCCCCCCCCCC. The maximum absolute atomic E-state index is 12.5. The van der Waals surface area contributed by atoms with Gasteiger partial charge in [0.25, 0.3) is 0 Å². The standard InChI is InChI=1S/C62H121NO5/c1-3-5-7-9-11-13-15-17-18-24-28-32-36-40-44-48-52-56-62(67)68-57-53-49-45-41-37-33-29-26-23-21-19-20-22-25-27-31-35-39-43-47-51-55-61(66)63-59(58-64)60(65)54-50-46-42-38-34-30-16-14-12-10-8-6-4-2/h20,22,59-60,64-65H,3-19,21,23-58H2,1-2H3,(H,63,66)/b22-20-. The van der Waals surface area contributed by atoms with E-state index in [0.29, 0.717) is 25.9 Å². The highest BCUT2D eigenvalue weighted by molar-refractivity contribution is 5.76. The summed E-state index contributed by atoms with van der Waals surface area (Å²) >= 11 is 0. The van der Waals surface area contributed by atoms with E-state index in [2.05, 4.69) is 31.3 Å². The fourth-order valence-electron chi connectivity index (χ4n) is 9.81. The zero-order valence-corrected chi connectivity index (χ0v) is 46.1. The van der Waals surface area contributed by atoms with E-state index in [-0.39, 0.29) is 18.5 Å². The Hall–Kier alpha value is -1.40. The monoisotopic (exact) mass is 960 g/mol. The molecule has 0 saturated heterocycles. The number of hydrogen-bond acceptors (Lipinski definition) is 5. The zero-order chi connectivity index (χ0) is 49.3. The van der Waals surface area contributed by atoms with Gasteiger partial charge in [0.05, 0.1) is 25.4 Å². The number of carbonyl (C=O) groups excluding carboxylic acids is 2. The fraction of sp³-hybridized carbons (Fsp3) is 0.935. The second kappa shape index (κ2) is 58.2. The van der Waals surface area contributed by atoms with Gasteiger partial charge >= 0.3 is 5.97 Å². The van der Waals surface area contributed by atoms with Crippen molar-refractivity contribution < 1.29 is 24.5 Å². The molecule has 2 atom stereocenters. The lowest BCUT2D eigenvalue weighted by Gasteiger charge is -2.22. The van der Waals surface area contributed by atoms with E-state index in [0.717, 1.165) is 38.5 Å². The van der Waals surface area contributed by atoms with Crippen molar-refractivity contribution in [3.05, 3.63) is 12.2 Å². The molecule has 0 aliphatic carbocycles. The van der Waals surface area contributed by atoms with Crippen molar-refractivity contribution in [3.8, 4) is 0 Å². The van der Waals surface area contributed by atoms with E-state index in [1.54, 1.807) is 0 Å². The van der Waals surface area contributed by atoms with Gasteiger partial charge in [0, 0.05) is 12.8 Å². The van der Waals surface area contributed by atoms with Gasteiger partial charge in [-0.15, -0.1) is 0 Å². The third-order valence-corrected chi connectivity index (χ3v) is 14.6. The molecule has 0 aromatic heterocycles. The molecule has 0 aliphatic rings. The first-order valence-corrected chi connectivity index (χ1v) is 30.9. The van der Waals surface area contributed by atoms with Crippen molar-refractivity contribution in [2.75, 3.05) is 13.2 Å². The van der Waals surface area contributed by atoms with Crippen molar-refractivity contribution in [1.82, 2.24) is 5.32 Å². The molecular formula is C62H121NO5. The van der Waals surface area contributed by atoms with Crippen molar-refractivity contribution in [2.24, 2.45) is 0 Å². The summed E-state index contributed by atoms with van der Waals surface area (Å²) in [4.78, 5) is 24.5. The van der Waals surface area contributed by atoms with E-state index in [1.165, 1.54) is 276 Å². The molecule has 0 spiro atoms. The molecule has 0 radical (unpaired) electrons. The summed E-state index contributed by atoms with van der Waals surface area (Å²) in [7, 11) is 0. The van der Waals surface area contributed by atoms with Crippen LogP contribution in [0.4, 0.5) is 0 Å². The number of rotatable bonds is 58. The Balaban J connectivity index is 3.39. The minimum Gasteiger partial charge on any atom is -0.466 e. The lowest BCUT2D eigenvalue weighted by Crippen LogP contribution is -2.45. The fourth-order valence-corrected chi connectivity index (χ4v) is 9.81. The molecule has 0 rings (SSSR count). The predicted octanol–water partition coefficient (Wildman–Crippen LogP) is 19.2. The van der Waals surface area contributed by atoms with Crippen LogP contribution in [0.2, 0.25) is 0 Å². The van der Waals surface area contributed by atoms with Gasteiger partial charge in [0.15, 0.2) is 0 Å². The Morgan fingerprint density at radius 2 is 0.691 bits per heavy atom. The summed E-state index contributed by atoms with van der Waals surface area (Å²) < 4.78 is 5.49. The second-order valence-electron chi connectivity index (χ2n) is 21.4. The van der Waals surface area contributed by atoms with Gasteiger partial charge < -0.3 is 20.3 Å². The Kier molecular flexibility index (Phi) is 57.0. The molecule has 6 heteroatoms. The van der Waals surface area contributed by atoms with Crippen molar-refractivity contribution in [1.29, 1.82) is 0 Å². The number of aliphatic hydroxyl groups excluding tert-OH is 2. The number of ether oxygens (including phenoxy) is 1. The molecule has 0 aliphatic heterocycles. The number of nitrogens with one attached hydrogen (secondary N) is 1. The molecule has 3 N–H and O–H groups in total. The highest BCUT2D eigenvalue weighted by Crippen LogP contribution is 2.18. The number of esters is 1. The molecular weight excluding hydrogens is 839 g/mol. The first kappa shape index (κ1) is 66.6. The highest BCUT2D eigenvalue weighted by atomic mass is 16.5. The Bertz CT molecular complexity index is 1020. The molecule has 0 bridgehead atoms. The van der Waals surface area contributed by atoms with E-state index in [9.17, 15) is 19.8 Å². The van der Waals surface area contributed by atoms with Gasteiger partial charge in [0.1, 0.15) is 0 Å². The predicted molar refractivity (Wildman–Crippen MR) is 297 cm³/mol. The quantitative estimate of drug-likeness (QED) is 0.0321. The van der Waals surface area contributed by atoms with Crippen LogP contribution < -0.4 is 5.32 Å². The molecule has 0 saturated carbocycles. The summed E-state index contributed by atoms with van der Waals surface area (Å²) in [5.74, 6) is -0.0284. The summed E-state index contributed by atoms with van der Waals surface area (Å²) in [6, 6.07) is -0.545. The lowest BCUT2D eigenvalue weighted by molar-refractivity contribution is -0.143. The first-order valence-electron chi connectivity index (χ1n) is 30.9. The number of unbranched alkanes of at least 4 members (excludes halogenated alkanes) is 45. The average Bonchev–Trinajstić information content (AvgIpc) is 3.34. The molecule has 0 aromatic rings. The number of allylic oxidation sites excluding steroid dienone is 2. The van der Waals surface area contributed by atoms with Gasteiger partial charge in [-0.3, -0.25) is 9.59 Å². The molecule has 2 unspecified atom stereocenters. The van der Waals surface area contributed by atoms with Gasteiger partial charge in [-0.2, -0.15) is 0 Å². The molecule has 1 amide bonds. The van der Waals surface area contributed by atoms with Crippen LogP contribution >= 0.6 is 0 Å². The molecule has 404 valence electrons. The van der Waals surface area contributed by atoms with E-state index >= 15 is 0 Å². The van der Waals surface area contributed by atoms with Crippen LogP contribution in [0.15, 0.2) is 12.2 Å². The van der Waals surface area contributed by atoms with Crippen LogP contribution in [0.3, 0.4) is 0 Å². The second-order valence-corrected chi connectivity index (χ2v) is 21.4. The average molecular weight is 961 g/mol. The van der Waals surface area contributed by atoms with E-state index < -0.39 is 12.1 Å². The molecule has 6 nitrogen and oxygen atoms in total. The van der Waals surface area contributed by atoms with Gasteiger partial charge in [-0.05, 0) is 51.4 Å². The maximum atomic E-state index is 12.5. The van der Waals surface area contributed by atoms with E-state index in [1.807, 2.05) is 0 Å². The Labute approximate surface area is 425 Å². The van der Waals surface area contributed by atoms with Crippen LogP contribution in [0, 0.1) is 0 Å². The third kappa shape index (κ3) is 53.9. The minimum atomic E-state index is -0.667. The van der Waals surface area contributed by atoms with Crippen LogP contribution in [-0.2, 0) is 14.3 Å². The molecule has 0 aromatic carbocycles. The van der Waals surface area contributed by atoms with Gasteiger partial charge in [-0.25, -0.2) is 0 Å². The first-order chi connectivity index (χ1) is 33.5. The summed E-state index contributed by atoms with van der Waals surface area (Å²) in [6.45, 7) is 4.97. The molecule has 68 heavy (non-hydrogen) atoms. The number of hydrogen-bond donors (Lipinski definition) is 3. The number of aliphatic hydroxyl groups is 2. The summed E-state index contributed by atoms with van der Waals surface area (Å²) in [5, 5.41) is 23.2. The Morgan fingerprint density at radius 1 is 0.397 bits per heavy atom. The highest BCUT2D eigenvalue weighted by Gasteiger charge is 2.20. The summed E-state index contributed by atoms with van der Waals surface area (Å²) in [6.07, 6.45) is 69.3. The smallest absolute Gasteiger partial charge is 0.305 e. The lowest BCUT2D eigenvalue weighted by atomic mass is 10.0. The Morgan fingerprint density at radius 3 is 1.04 bits per heavy atom. The van der Waals surface area contributed by atoms with Crippen LogP contribution in [0.5, 0.6) is 0 Å².